The molecule has 1 aromatic heterocycles. The highest BCUT2D eigenvalue weighted by Gasteiger charge is 2.58. The van der Waals surface area contributed by atoms with E-state index in [9.17, 15) is 9.18 Å². The molecule has 1 N–H and O–H groups in total. The number of nitrogens with one attached hydrogen (secondary N) is 1. The highest BCUT2D eigenvalue weighted by atomic mass is 35.5. The fraction of sp³-hybridized carbons (Fsp3) is 0.455. The molecule has 0 spiro atoms. The molecule has 0 bridgehead atoms. The first-order valence-electron chi connectivity index (χ1n) is 10.4. The largest absolute Gasteiger partial charge is 0.475 e. The number of amides is 1. The lowest BCUT2D eigenvalue weighted by Crippen LogP contribution is -2.41. The summed E-state index contributed by atoms with van der Waals surface area (Å²) in [5, 5.41) is 12.0. The molecule has 4 rings (SSSR count). The van der Waals surface area contributed by atoms with E-state index in [-0.39, 0.29) is 34.3 Å². The molecule has 1 saturated heterocycles. The van der Waals surface area contributed by atoms with Crippen LogP contribution in [-0.4, -0.2) is 46.8 Å². The first-order valence-corrected chi connectivity index (χ1v) is 10.7. The van der Waals surface area contributed by atoms with Crippen LogP contribution in [0.25, 0.3) is 0 Å². The van der Waals surface area contributed by atoms with Gasteiger partial charge in [0.1, 0.15) is 6.33 Å². The fourth-order valence-electron chi connectivity index (χ4n) is 3.97. The second-order valence-corrected chi connectivity index (χ2v) is 8.86. The number of halogens is 2. The molecule has 2 unspecified atom stereocenters. The van der Waals surface area contributed by atoms with Gasteiger partial charge in [-0.15, -0.1) is 0 Å². The van der Waals surface area contributed by atoms with E-state index in [1.54, 1.807) is 17.0 Å². The Balaban J connectivity index is 1.38. The predicted molar refractivity (Wildman–Crippen MR) is 115 cm³/mol. The minimum absolute atomic E-state index is 0.0716. The summed E-state index contributed by atoms with van der Waals surface area (Å²) >= 11 is 6.15. The number of hydrogen-bond acceptors (Lipinski definition) is 7. The maximum absolute atomic E-state index is 14.9. The van der Waals surface area contributed by atoms with E-state index in [0.717, 1.165) is 12.8 Å². The van der Waals surface area contributed by atoms with E-state index in [1.165, 1.54) is 12.4 Å². The number of ether oxygens (including phenoxy) is 2. The molecule has 32 heavy (non-hydrogen) atoms. The van der Waals surface area contributed by atoms with Gasteiger partial charge in [0.15, 0.2) is 5.82 Å². The molecule has 168 valence electrons. The van der Waals surface area contributed by atoms with Crippen LogP contribution in [0.3, 0.4) is 0 Å². The van der Waals surface area contributed by atoms with Gasteiger partial charge in [0, 0.05) is 18.5 Å². The van der Waals surface area contributed by atoms with Crippen LogP contribution in [0, 0.1) is 28.5 Å². The fourth-order valence-corrected chi connectivity index (χ4v) is 4.20. The molecule has 1 aliphatic carbocycles. The predicted octanol–water partition coefficient (Wildman–Crippen LogP) is 4.52. The average Bonchev–Trinajstić information content (AvgIpc) is 3.49. The van der Waals surface area contributed by atoms with Crippen molar-refractivity contribution in [3.05, 3.63) is 40.9 Å². The number of carbonyl (C=O) groups is 1. The Bertz CT molecular complexity index is 1080. The summed E-state index contributed by atoms with van der Waals surface area (Å²) in [5.41, 5.74) is 0.737. The number of benzene rings is 1. The van der Waals surface area contributed by atoms with Crippen molar-refractivity contribution in [2.24, 2.45) is 11.3 Å². The lowest BCUT2D eigenvalue weighted by Gasteiger charge is -2.31. The quantitative estimate of drug-likeness (QED) is 0.677. The van der Waals surface area contributed by atoms with Crippen LogP contribution in [0.4, 0.5) is 20.7 Å². The van der Waals surface area contributed by atoms with Gasteiger partial charge in [-0.25, -0.2) is 9.78 Å². The maximum Gasteiger partial charge on any atom is 0.410 e. The molecule has 10 heteroatoms. The Kier molecular flexibility index (Phi) is 6.07. The number of fused-ring (bicyclic) bond motifs is 1. The molecule has 2 atom stereocenters. The van der Waals surface area contributed by atoms with Crippen LogP contribution in [-0.2, 0) is 4.74 Å². The van der Waals surface area contributed by atoms with Gasteiger partial charge in [-0.1, -0.05) is 11.6 Å². The van der Waals surface area contributed by atoms with Crippen molar-refractivity contribution in [3.8, 4) is 11.9 Å². The highest BCUT2D eigenvalue weighted by Crippen LogP contribution is 2.58. The smallest absolute Gasteiger partial charge is 0.410 e. The molecule has 2 aliphatic rings. The van der Waals surface area contributed by atoms with Crippen molar-refractivity contribution in [2.45, 2.75) is 32.8 Å². The summed E-state index contributed by atoms with van der Waals surface area (Å²) in [7, 11) is 0. The zero-order valence-corrected chi connectivity index (χ0v) is 18.5. The zero-order chi connectivity index (χ0) is 22.9. The van der Waals surface area contributed by atoms with Crippen LogP contribution in [0.15, 0.2) is 24.5 Å². The molecule has 2 heterocycles. The molecule has 1 aromatic carbocycles. The third-order valence-corrected chi connectivity index (χ3v) is 6.19. The molecule has 8 nitrogen and oxygen atoms in total. The van der Waals surface area contributed by atoms with Crippen LogP contribution in [0.2, 0.25) is 5.02 Å². The third kappa shape index (κ3) is 4.55. The van der Waals surface area contributed by atoms with E-state index < -0.39 is 5.82 Å². The monoisotopic (exact) mass is 459 g/mol. The van der Waals surface area contributed by atoms with Crippen molar-refractivity contribution in [1.82, 2.24) is 14.9 Å². The van der Waals surface area contributed by atoms with Crippen molar-refractivity contribution < 1.29 is 18.7 Å². The molecule has 2 aromatic rings. The van der Waals surface area contributed by atoms with Crippen molar-refractivity contribution in [1.29, 1.82) is 5.26 Å². The van der Waals surface area contributed by atoms with Gasteiger partial charge in [0.25, 0.3) is 5.88 Å². The van der Waals surface area contributed by atoms with Crippen LogP contribution < -0.4 is 10.1 Å². The molecular weight excluding hydrogens is 437 g/mol. The molecule has 0 radical (unpaired) electrons. The minimum atomic E-state index is -0.723. The van der Waals surface area contributed by atoms with Crippen molar-refractivity contribution >= 4 is 29.2 Å². The minimum Gasteiger partial charge on any atom is -0.475 e. The van der Waals surface area contributed by atoms with E-state index in [2.05, 4.69) is 15.3 Å². The van der Waals surface area contributed by atoms with Crippen LogP contribution in [0.5, 0.6) is 5.88 Å². The zero-order valence-electron chi connectivity index (χ0n) is 17.8. The van der Waals surface area contributed by atoms with Gasteiger partial charge in [-0.3, -0.25) is 0 Å². The Morgan fingerprint density at radius 2 is 2.28 bits per heavy atom. The summed E-state index contributed by atoms with van der Waals surface area (Å²) in [6, 6.07) is 6.62. The number of piperidine rings is 1. The van der Waals surface area contributed by atoms with Gasteiger partial charge >= 0.3 is 6.09 Å². The molecule has 1 saturated carbocycles. The van der Waals surface area contributed by atoms with Gasteiger partial charge in [-0.05, 0) is 50.8 Å². The number of carbonyl (C=O) groups excluding carboxylic acids is 1. The number of nitrogens with zero attached hydrogens (tertiary/aromatic N) is 4. The van der Waals surface area contributed by atoms with Gasteiger partial charge in [0.2, 0.25) is 5.82 Å². The first kappa shape index (κ1) is 22.1. The Morgan fingerprint density at radius 1 is 1.47 bits per heavy atom. The van der Waals surface area contributed by atoms with Crippen LogP contribution in [0.1, 0.15) is 32.3 Å². The van der Waals surface area contributed by atoms with Crippen LogP contribution >= 0.6 is 11.6 Å². The molecule has 2 fully saturated rings. The molecule has 1 amide bonds. The summed E-state index contributed by atoms with van der Waals surface area (Å²) in [4.78, 5) is 21.7. The number of likely N-dealkylation sites (tertiary alicyclic amines) is 1. The first-order chi connectivity index (χ1) is 15.3. The topological polar surface area (TPSA) is 100 Å². The number of aromatic nitrogens is 2. The third-order valence-electron chi connectivity index (χ3n) is 5.88. The highest BCUT2D eigenvalue weighted by molar-refractivity contribution is 6.33. The van der Waals surface area contributed by atoms with E-state index in [0.29, 0.717) is 36.9 Å². The summed E-state index contributed by atoms with van der Waals surface area (Å²) in [6.45, 7) is 5.17. The lowest BCUT2D eigenvalue weighted by atomic mass is 9.96. The maximum atomic E-state index is 14.9. The number of hydrogen-bond donors (Lipinski definition) is 1. The van der Waals surface area contributed by atoms with E-state index in [4.69, 9.17) is 26.3 Å². The standard InChI is InChI=1S/C22H23ClFN5O3/c1-13(2)32-21(30)29-6-5-22(8-15(22)10-29)11-31-20-18(24)19(26-12-27-20)28-17-4-3-14(9-25)7-16(17)23/h3-4,7,12-13,15H,5-6,8,10-11H2,1-2H3,(H,26,27,28). The molecule has 1 aliphatic heterocycles. The molecular formula is C22H23ClFN5O3. The average molecular weight is 460 g/mol. The number of anilines is 2. The number of nitriles is 1. The second kappa shape index (κ2) is 8.79. The van der Waals surface area contributed by atoms with E-state index in [1.807, 2.05) is 19.9 Å². The van der Waals surface area contributed by atoms with Gasteiger partial charge < -0.3 is 19.7 Å². The normalized spacial score (nSPS) is 21.5. The Morgan fingerprint density at radius 3 is 2.97 bits per heavy atom. The Hall–Kier alpha value is -3.12. The summed E-state index contributed by atoms with van der Waals surface area (Å²) in [6.07, 6.45) is 2.45. The van der Waals surface area contributed by atoms with Gasteiger partial charge in [0.05, 0.1) is 35.1 Å². The van der Waals surface area contributed by atoms with Gasteiger partial charge in [-0.2, -0.15) is 14.6 Å². The summed E-state index contributed by atoms with van der Waals surface area (Å²) < 4.78 is 26.0. The second-order valence-electron chi connectivity index (χ2n) is 8.45. The summed E-state index contributed by atoms with van der Waals surface area (Å²) in [5.74, 6) is -0.637. The SMILES string of the molecule is CC(C)OC(=O)N1CCC2(COc3ncnc(Nc4ccc(C#N)cc4Cl)c3F)CC2C1. The Labute approximate surface area is 190 Å². The van der Waals surface area contributed by atoms with Crippen molar-refractivity contribution in [2.75, 3.05) is 25.0 Å². The van der Waals surface area contributed by atoms with E-state index >= 15 is 0 Å². The van der Waals surface area contributed by atoms with Crippen molar-refractivity contribution in [3.63, 3.8) is 0 Å². The lowest BCUT2D eigenvalue weighted by molar-refractivity contribution is 0.0584. The number of rotatable bonds is 6.